The summed E-state index contributed by atoms with van der Waals surface area (Å²) in [6.07, 6.45) is 0. The van der Waals surface area contributed by atoms with Gasteiger partial charge in [-0.15, -0.1) is 0 Å². The Labute approximate surface area is 127 Å². The Kier molecular flexibility index (Phi) is 3.95. The normalized spacial score (nSPS) is 12.7. The van der Waals surface area contributed by atoms with Crippen LogP contribution in [0.1, 0.15) is 24.1 Å². The van der Waals surface area contributed by atoms with E-state index < -0.39 is 0 Å². The van der Waals surface area contributed by atoms with Crippen molar-refractivity contribution in [2.45, 2.75) is 19.5 Å². The maximum atomic E-state index is 12.9. The SMILES string of the molecule is CC(NCc1c(Cl)oc2ccccc12)c1ccc(F)cc1. The van der Waals surface area contributed by atoms with Crippen molar-refractivity contribution in [1.82, 2.24) is 5.32 Å². The molecule has 0 spiro atoms. The van der Waals surface area contributed by atoms with Gasteiger partial charge in [0, 0.05) is 23.5 Å². The highest BCUT2D eigenvalue weighted by molar-refractivity contribution is 6.30. The maximum Gasteiger partial charge on any atom is 0.199 e. The molecule has 0 saturated heterocycles. The lowest BCUT2D eigenvalue weighted by atomic mass is 10.1. The van der Waals surface area contributed by atoms with Gasteiger partial charge in [-0.1, -0.05) is 30.3 Å². The van der Waals surface area contributed by atoms with Crippen LogP contribution < -0.4 is 5.32 Å². The zero-order valence-electron chi connectivity index (χ0n) is 11.6. The number of para-hydroxylation sites is 1. The molecule has 1 N–H and O–H groups in total. The van der Waals surface area contributed by atoms with E-state index in [1.807, 2.05) is 31.2 Å². The summed E-state index contributed by atoms with van der Waals surface area (Å²) in [5, 5.41) is 4.81. The van der Waals surface area contributed by atoms with Crippen LogP contribution in [-0.4, -0.2) is 0 Å². The average molecular weight is 304 g/mol. The van der Waals surface area contributed by atoms with E-state index in [-0.39, 0.29) is 11.9 Å². The first-order valence-electron chi connectivity index (χ1n) is 6.80. The minimum Gasteiger partial charge on any atom is -0.444 e. The van der Waals surface area contributed by atoms with Gasteiger partial charge in [0.2, 0.25) is 0 Å². The van der Waals surface area contributed by atoms with Crippen molar-refractivity contribution >= 4 is 22.6 Å². The summed E-state index contributed by atoms with van der Waals surface area (Å²) < 4.78 is 18.5. The highest BCUT2D eigenvalue weighted by Gasteiger charge is 2.13. The standard InChI is InChI=1S/C17H15ClFNO/c1-11(12-6-8-13(19)9-7-12)20-10-15-14-4-2-3-5-16(14)21-17(15)18/h2-9,11,20H,10H2,1H3. The first kappa shape index (κ1) is 14.1. The van der Waals surface area contributed by atoms with Gasteiger partial charge in [0.1, 0.15) is 11.4 Å². The molecule has 0 fully saturated rings. The molecule has 1 heterocycles. The van der Waals surface area contributed by atoms with Crippen molar-refractivity contribution in [2.75, 3.05) is 0 Å². The van der Waals surface area contributed by atoms with Gasteiger partial charge in [0.15, 0.2) is 5.22 Å². The van der Waals surface area contributed by atoms with Crippen LogP contribution in [0, 0.1) is 5.82 Å². The lowest BCUT2D eigenvalue weighted by Crippen LogP contribution is -2.18. The van der Waals surface area contributed by atoms with Crippen LogP contribution in [0.2, 0.25) is 5.22 Å². The predicted octanol–water partition coefficient (Wildman–Crippen LogP) is 5.08. The quantitative estimate of drug-likeness (QED) is 0.727. The maximum absolute atomic E-state index is 12.9. The van der Waals surface area contributed by atoms with E-state index in [2.05, 4.69) is 5.32 Å². The second-order valence-corrected chi connectivity index (χ2v) is 5.35. The Morgan fingerprint density at radius 1 is 1.14 bits per heavy atom. The van der Waals surface area contributed by atoms with Gasteiger partial charge < -0.3 is 9.73 Å². The van der Waals surface area contributed by atoms with E-state index in [4.69, 9.17) is 16.0 Å². The van der Waals surface area contributed by atoms with Crippen LogP contribution >= 0.6 is 11.6 Å². The molecule has 0 aliphatic rings. The van der Waals surface area contributed by atoms with E-state index in [0.29, 0.717) is 11.8 Å². The summed E-state index contributed by atoms with van der Waals surface area (Å²) in [6.45, 7) is 2.62. The number of hydrogen-bond acceptors (Lipinski definition) is 2. The molecular formula is C17H15ClFNO. The van der Waals surface area contributed by atoms with Gasteiger partial charge in [0.25, 0.3) is 0 Å². The summed E-state index contributed by atoms with van der Waals surface area (Å²) in [4.78, 5) is 0. The number of halogens is 2. The van der Waals surface area contributed by atoms with Gasteiger partial charge in [0.05, 0.1) is 0 Å². The second-order valence-electron chi connectivity index (χ2n) is 5.00. The number of fused-ring (bicyclic) bond motifs is 1. The molecule has 3 rings (SSSR count). The van der Waals surface area contributed by atoms with E-state index in [1.54, 1.807) is 12.1 Å². The molecule has 2 aromatic carbocycles. The molecule has 2 nitrogen and oxygen atoms in total. The molecule has 3 aromatic rings. The van der Waals surface area contributed by atoms with Gasteiger partial charge in [-0.05, 0) is 42.3 Å². The minimum absolute atomic E-state index is 0.0929. The molecular weight excluding hydrogens is 289 g/mol. The van der Waals surface area contributed by atoms with Gasteiger partial charge >= 0.3 is 0 Å². The lowest BCUT2D eigenvalue weighted by molar-refractivity contribution is 0.561. The third-order valence-electron chi connectivity index (χ3n) is 3.60. The fraction of sp³-hybridized carbons (Fsp3) is 0.176. The van der Waals surface area contributed by atoms with Crippen LogP contribution in [-0.2, 0) is 6.54 Å². The number of benzene rings is 2. The van der Waals surface area contributed by atoms with Crippen LogP contribution in [0.5, 0.6) is 0 Å². The van der Waals surface area contributed by atoms with E-state index in [0.717, 1.165) is 22.1 Å². The molecule has 0 saturated carbocycles. The smallest absolute Gasteiger partial charge is 0.199 e. The van der Waals surface area contributed by atoms with Crippen molar-refractivity contribution in [3.8, 4) is 0 Å². The zero-order chi connectivity index (χ0) is 14.8. The molecule has 0 bridgehead atoms. The Bertz CT molecular complexity index is 751. The van der Waals surface area contributed by atoms with Crippen molar-refractivity contribution in [3.63, 3.8) is 0 Å². The largest absolute Gasteiger partial charge is 0.444 e. The third-order valence-corrected chi connectivity index (χ3v) is 3.91. The van der Waals surface area contributed by atoms with Crippen molar-refractivity contribution in [2.24, 2.45) is 0 Å². The molecule has 0 amide bonds. The molecule has 1 unspecified atom stereocenters. The van der Waals surface area contributed by atoms with Gasteiger partial charge in [-0.25, -0.2) is 4.39 Å². The molecule has 0 aliphatic carbocycles. The Hall–Kier alpha value is -1.84. The molecule has 0 aliphatic heterocycles. The molecule has 4 heteroatoms. The fourth-order valence-corrected chi connectivity index (χ4v) is 2.61. The summed E-state index contributed by atoms with van der Waals surface area (Å²) >= 11 is 6.16. The second kappa shape index (κ2) is 5.88. The Morgan fingerprint density at radius 3 is 2.62 bits per heavy atom. The van der Waals surface area contributed by atoms with Crippen molar-refractivity contribution in [1.29, 1.82) is 0 Å². The third kappa shape index (κ3) is 2.94. The van der Waals surface area contributed by atoms with Crippen LogP contribution in [0.25, 0.3) is 11.0 Å². The average Bonchev–Trinajstić information content (AvgIpc) is 2.81. The minimum atomic E-state index is -0.227. The zero-order valence-corrected chi connectivity index (χ0v) is 12.3. The van der Waals surface area contributed by atoms with E-state index in [1.165, 1.54) is 12.1 Å². The summed E-state index contributed by atoms with van der Waals surface area (Å²) in [5.41, 5.74) is 2.76. The topological polar surface area (TPSA) is 25.2 Å². The van der Waals surface area contributed by atoms with Crippen molar-refractivity contribution in [3.05, 3.63) is 70.7 Å². The van der Waals surface area contributed by atoms with Crippen molar-refractivity contribution < 1.29 is 8.81 Å². The van der Waals surface area contributed by atoms with E-state index in [9.17, 15) is 4.39 Å². The molecule has 1 aromatic heterocycles. The Balaban J connectivity index is 1.77. The summed E-state index contributed by atoms with van der Waals surface area (Å²) in [7, 11) is 0. The molecule has 21 heavy (non-hydrogen) atoms. The lowest BCUT2D eigenvalue weighted by Gasteiger charge is -2.14. The summed E-state index contributed by atoms with van der Waals surface area (Å²) in [5.74, 6) is -0.227. The number of furan rings is 1. The van der Waals surface area contributed by atoms with Crippen LogP contribution in [0.15, 0.2) is 52.9 Å². The first-order valence-corrected chi connectivity index (χ1v) is 7.17. The number of hydrogen-bond donors (Lipinski definition) is 1. The Morgan fingerprint density at radius 2 is 1.86 bits per heavy atom. The van der Waals surface area contributed by atoms with Crippen LogP contribution in [0.4, 0.5) is 4.39 Å². The number of rotatable bonds is 4. The fourth-order valence-electron chi connectivity index (χ4n) is 2.36. The monoisotopic (exact) mass is 303 g/mol. The first-order chi connectivity index (χ1) is 10.1. The number of nitrogens with one attached hydrogen (secondary N) is 1. The molecule has 0 radical (unpaired) electrons. The molecule has 108 valence electrons. The highest BCUT2D eigenvalue weighted by Crippen LogP contribution is 2.29. The predicted molar refractivity (Wildman–Crippen MR) is 82.9 cm³/mol. The van der Waals surface area contributed by atoms with E-state index >= 15 is 0 Å². The summed E-state index contributed by atoms with van der Waals surface area (Å²) in [6, 6.07) is 14.3. The van der Waals surface area contributed by atoms with Crippen LogP contribution in [0.3, 0.4) is 0 Å². The highest BCUT2D eigenvalue weighted by atomic mass is 35.5. The van der Waals surface area contributed by atoms with Gasteiger partial charge in [-0.2, -0.15) is 0 Å². The van der Waals surface area contributed by atoms with Gasteiger partial charge in [-0.3, -0.25) is 0 Å². The molecule has 1 atom stereocenters.